The monoisotopic (exact) mass is 340 g/mol. The number of carbonyl (C=O) groups is 1. The first kappa shape index (κ1) is 16.4. The molecular formula is C15H15F3N4O2. The molecule has 1 fully saturated rings. The molecule has 1 aromatic heterocycles. The summed E-state index contributed by atoms with van der Waals surface area (Å²) >= 11 is 0. The van der Waals surface area contributed by atoms with Crippen LogP contribution in [0.4, 0.5) is 13.2 Å². The highest BCUT2D eigenvalue weighted by molar-refractivity contribution is 5.92. The topological polar surface area (TPSA) is 60.2 Å². The van der Waals surface area contributed by atoms with E-state index in [0.29, 0.717) is 19.8 Å². The summed E-state index contributed by atoms with van der Waals surface area (Å²) < 4.78 is 45.5. The fourth-order valence-corrected chi connectivity index (χ4v) is 2.57. The fourth-order valence-electron chi connectivity index (χ4n) is 2.57. The molecule has 0 N–H and O–H groups in total. The van der Waals surface area contributed by atoms with E-state index in [1.165, 1.54) is 24.4 Å². The molecule has 1 saturated heterocycles. The van der Waals surface area contributed by atoms with Gasteiger partial charge in [0.05, 0.1) is 36.7 Å². The summed E-state index contributed by atoms with van der Waals surface area (Å²) in [4.78, 5) is 14.0. The second-order valence-corrected chi connectivity index (χ2v) is 5.49. The number of halogens is 3. The van der Waals surface area contributed by atoms with Crippen molar-refractivity contribution in [3.05, 3.63) is 41.7 Å². The minimum absolute atomic E-state index is 0.000674. The van der Waals surface area contributed by atoms with Crippen LogP contribution in [0, 0.1) is 0 Å². The molecule has 0 unspecified atom stereocenters. The Hall–Kier alpha value is -2.42. The maximum atomic E-state index is 13.1. The third kappa shape index (κ3) is 3.12. The lowest BCUT2D eigenvalue weighted by atomic mass is 10.1. The van der Waals surface area contributed by atoms with Crippen LogP contribution in [-0.4, -0.2) is 51.6 Å². The number of amides is 1. The molecule has 6 nitrogen and oxygen atoms in total. The van der Waals surface area contributed by atoms with E-state index in [1.54, 1.807) is 4.90 Å². The number of nitrogens with zero attached hydrogens (tertiary/aromatic N) is 4. The number of benzene rings is 1. The number of carbonyl (C=O) groups excluding carboxylic acids is 1. The van der Waals surface area contributed by atoms with Gasteiger partial charge in [-0.2, -0.15) is 13.2 Å². The van der Waals surface area contributed by atoms with Crippen molar-refractivity contribution in [2.75, 3.05) is 19.8 Å². The number of para-hydroxylation sites is 1. The van der Waals surface area contributed by atoms with E-state index in [2.05, 4.69) is 10.3 Å². The number of morpholine rings is 1. The minimum atomic E-state index is -4.52. The van der Waals surface area contributed by atoms with Gasteiger partial charge in [-0.3, -0.25) is 4.79 Å². The largest absolute Gasteiger partial charge is 0.418 e. The lowest BCUT2D eigenvalue weighted by Gasteiger charge is -2.32. The normalized spacial score (nSPS) is 18.7. The van der Waals surface area contributed by atoms with Crippen molar-refractivity contribution < 1.29 is 22.7 Å². The molecule has 0 saturated carbocycles. The van der Waals surface area contributed by atoms with E-state index in [1.807, 2.05) is 6.92 Å². The first-order valence-corrected chi connectivity index (χ1v) is 7.35. The molecule has 0 spiro atoms. The Morgan fingerprint density at radius 2 is 2.08 bits per heavy atom. The van der Waals surface area contributed by atoms with Crippen LogP contribution in [0.25, 0.3) is 5.69 Å². The molecule has 9 heteroatoms. The van der Waals surface area contributed by atoms with Gasteiger partial charge in [0.25, 0.3) is 5.91 Å². The van der Waals surface area contributed by atoms with Crippen LogP contribution in [0.15, 0.2) is 30.5 Å². The first-order valence-electron chi connectivity index (χ1n) is 7.35. The molecule has 24 heavy (non-hydrogen) atoms. The van der Waals surface area contributed by atoms with Gasteiger partial charge < -0.3 is 9.64 Å². The van der Waals surface area contributed by atoms with Crippen molar-refractivity contribution >= 4 is 5.91 Å². The van der Waals surface area contributed by atoms with Crippen molar-refractivity contribution in [3.8, 4) is 5.69 Å². The molecule has 2 heterocycles. The molecule has 2 aromatic rings. The number of hydrogen-bond acceptors (Lipinski definition) is 4. The molecule has 0 radical (unpaired) electrons. The van der Waals surface area contributed by atoms with Gasteiger partial charge in [0.2, 0.25) is 0 Å². The maximum Gasteiger partial charge on any atom is 0.418 e. The van der Waals surface area contributed by atoms with E-state index in [-0.39, 0.29) is 23.3 Å². The van der Waals surface area contributed by atoms with Crippen LogP contribution < -0.4 is 0 Å². The third-order valence-electron chi connectivity index (χ3n) is 3.80. The molecule has 128 valence electrons. The van der Waals surface area contributed by atoms with E-state index < -0.39 is 11.7 Å². The van der Waals surface area contributed by atoms with Gasteiger partial charge in [0.15, 0.2) is 5.69 Å². The van der Waals surface area contributed by atoms with Crippen LogP contribution in [0.1, 0.15) is 23.0 Å². The smallest absolute Gasteiger partial charge is 0.377 e. The molecular weight excluding hydrogens is 325 g/mol. The Balaban J connectivity index is 1.90. The summed E-state index contributed by atoms with van der Waals surface area (Å²) in [5, 5.41) is 7.43. The Morgan fingerprint density at radius 3 is 2.79 bits per heavy atom. The zero-order valence-electron chi connectivity index (χ0n) is 12.8. The average Bonchev–Trinajstić information content (AvgIpc) is 3.04. The Bertz CT molecular complexity index is 744. The predicted molar refractivity (Wildman–Crippen MR) is 77.7 cm³/mol. The molecule has 1 atom stereocenters. The molecule has 0 aliphatic carbocycles. The first-order chi connectivity index (χ1) is 11.4. The van der Waals surface area contributed by atoms with Gasteiger partial charge in [-0.25, -0.2) is 4.68 Å². The average molecular weight is 340 g/mol. The van der Waals surface area contributed by atoms with Gasteiger partial charge in [-0.15, -0.1) is 5.10 Å². The highest BCUT2D eigenvalue weighted by atomic mass is 19.4. The summed E-state index contributed by atoms with van der Waals surface area (Å²) in [6.07, 6.45) is -3.31. The van der Waals surface area contributed by atoms with E-state index in [9.17, 15) is 18.0 Å². The lowest BCUT2D eigenvalue weighted by molar-refractivity contribution is -0.137. The number of hydrogen-bond donors (Lipinski definition) is 0. The fraction of sp³-hybridized carbons (Fsp3) is 0.400. The molecule has 1 aliphatic rings. The van der Waals surface area contributed by atoms with Crippen LogP contribution in [0.2, 0.25) is 0 Å². The van der Waals surface area contributed by atoms with Crippen molar-refractivity contribution in [2.45, 2.75) is 19.1 Å². The van der Waals surface area contributed by atoms with Crippen molar-refractivity contribution in [1.29, 1.82) is 0 Å². The zero-order chi connectivity index (χ0) is 17.3. The van der Waals surface area contributed by atoms with E-state index in [0.717, 1.165) is 10.7 Å². The number of aromatic nitrogens is 3. The Labute approximate surface area is 135 Å². The lowest BCUT2D eigenvalue weighted by Crippen LogP contribution is -2.47. The quantitative estimate of drug-likeness (QED) is 0.840. The van der Waals surface area contributed by atoms with Crippen LogP contribution >= 0.6 is 0 Å². The summed E-state index contributed by atoms with van der Waals surface area (Å²) in [6, 6.07) is 4.88. The van der Waals surface area contributed by atoms with Gasteiger partial charge in [-0.05, 0) is 19.1 Å². The van der Waals surface area contributed by atoms with Crippen molar-refractivity contribution in [2.24, 2.45) is 0 Å². The molecule has 3 rings (SSSR count). The second-order valence-electron chi connectivity index (χ2n) is 5.49. The summed E-state index contributed by atoms with van der Waals surface area (Å²) in [5.41, 5.74) is -1.01. The molecule has 0 bridgehead atoms. The standard InChI is InChI=1S/C15H15F3N4O2/c1-10-9-24-7-6-21(10)14(23)12-8-22(20-19-12)13-5-3-2-4-11(13)15(16,17)18/h2-5,8,10H,6-7,9H2,1H3/t10-/m0/s1. The van der Waals surface area contributed by atoms with E-state index in [4.69, 9.17) is 4.74 Å². The number of alkyl halides is 3. The predicted octanol–water partition coefficient (Wildman–Crippen LogP) is 2.15. The third-order valence-corrected chi connectivity index (χ3v) is 3.80. The van der Waals surface area contributed by atoms with Gasteiger partial charge >= 0.3 is 6.18 Å². The molecule has 1 aromatic carbocycles. The summed E-state index contributed by atoms with van der Waals surface area (Å²) in [5.74, 6) is -0.374. The Morgan fingerprint density at radius 1 is 1.33 bits per heavy atom. The summed E-state index contributed by atoms with van der Waals surface area (Å²) in [7, 11) is 0. The molecule has 1 aliphatic heterocycles. The Kier molecular flexibility index (Phi) is 4.27. The van der Waals surface area contributed by atoms with Gasteiger partial charge in [-0.1, -0.05) is 17.3 Å². The maximum absolute atomic E-state index is 13.1. The van der Waals surface area contributed by atoms with Crippen LogP contribution in [0.3, 0.4) is 0 Å². The van der Waals surface area contributed by atoms with E-state index >= 15 is 0 Å². The summed E-state index contributed by atoms with van der Waals surface area (Å²) in [6.45, 7) is 3.07. The highest BCUT2D eigenvalue weighted by Gasteiger charge is 2.34. The van der Waals surface area contributed by atoms with Gasteiger partial charge in [0.1, 0.15) is 0 Å². The number of ether oxygens (including phenoxy) is 1. The van der Waals surface area contributed by atoms with Crippen molar-refractivity contribution in [1.82, 2.24) is 19.9 Å². The van der Waals surface area contributed by atoms with Crippen molar-refractivity contribution in [3.63, 3.8) is 0 Å². The van der Waals surface area contributed by atoms with Crippen LogP contribution in [0.5, 0.6) is 0 Å². The minimum Gasteiger partial charge on any atom is -0.377 e. The SMILES string of the molecule is C[C@H]1COCCN1C(=O)c1cn(-c2ccccc2C(F)(F)F)nn1. The van der Waals surface area contributed by atoms with Gasteiger partial charge in [0, 0.05) is 6.54 Å². The molecule has 1 amide bonds. The number of rotatable bonds is 2. The zero-order valence-corrected chi connectivity index (χ0v) is 12.8. The van der Waals surface area contributed by atoms with Crippen LogP contribution in [-0.2, 0) is 10.9 Å². The highest BCUT2D eigenvalue weighted by Crippen LogP contribution is 2.33. The second kappa shape index (κ2) is 6.23.